The minimum absolute atomic E-state index is 0. The van der Waals surface area contributed by atoms with Crippen LogP contribution in [0.3, 0.4) is 0 Å². The molecule has 0 aliphatic rings. The second kappa shape index (κ2) is 11.6. The van der Waals surface area contributed by atoms with Gasteiger partial charge in [-0.2, -0.15) is 26.3 Å². The molecule has 0 saturated heterocycles. The summed E-state index contributed by atoms with van der Waals surface area (Å²) in [5, 5.41) is 0. The standard InChI is InChI=1S/C12H8F2NO.C10H4F6N3.Ir/c1-16-9-4-5-15-12(7-9)10-3-2-8(13)6-11(10)14;11-9(12,13)6-7(10(14,15)16)19-8(18-6)5-3-1-2-4-17-5;/h2,4-7H,1H3;1-4H;/q2*-1;. The van der Waals surface area contributed by atoms with Crippen LogP contribution in [0.5, 0.6) is 5.75 Å². The fourth-order valence-corrected chi connectivity index (χ4v) is 2.66. The molecule has 0 aliphatic carbocycles. The minimum atomic E-state index is -5.23. The van der Waals surface area contributed by atoms with Gasteiger partial charge in [0.25, 0.3) is 0 Å². The van der Waals surface area contributed by atoms with E-state index in [0.717, 1.165) is 12.1 Å². The van der Waals surface area contributed by atoms with E-state index in [1.54, 1.807) is 12.1 Å². The molecular weight excluding hydrogens is 680 g/mol. The molecule has 3 heterocycles. The molecule has 0 spiro atoms. The Kier molecular flexibility index (Phi) is 9.27. The number of hydrogen-bond acceptors (Lipinski definition) is 4. The molecule has 0 fully saturated rings. The molecule has 0 bridgehead atoms. The number of hydrogen-bond donors (Lipinski definition) is 0. The number of nitrogens with zero attached hydrogens (tertiary/aromatic N) is 4. The molecule has 4 rings (SSSR count). The molecule has 4 aromatic rings. The van der Waals surface area contributed by atoms with Crippen molar-refractivity contribution in [1.29, 1.82) is 0 Å². The smallest absolute Gasteiger partial charge is 0.412 e. The summed E-state index contributed by atoms with van der Waals surface area (Å²) < 4.78 is 106. The number of methoxy groups -OCH3 is 1. The van der Waals surface area contributed by atoms with Crippen LogP contribution in [0.15, 0.2) is 54.9 Å². The molecule has 193 valence electrons. The van der Waals surface area contributed by atoms with Gasteiger partial charge < -0.3 is 19.7 Å². The molecule has 1 radical (unpaired) electrons. The van der Waals surface area contributed by atoms with Gasteiger partial charge in [0.2, 0.25) is 0 Å². The third-order valence-corrected chi connectivity index (χ3v) is 4.17. The van der Waals surface area contributed by atoms with E-state index in [9.17, 15) is 35.1 Å². The van der Waals surface area contributed by atoms with Crippen LogP contribution in [0.4, 0.5) is 35.1 Å². The second-order valence-electron chi connectivity index (χ2n) is 6.58. The summed E-state index contributed by atoms with van der Waals surface area (Å²) >= 11 is 0. The second-order valence-corrected chi connectivity index (χ2v) is 6.58. The molecule has 1 aromatic carbocycles. The van der Waals surface area contributed by atoms with Crippen LogP contribution in [-0.2, 0) is 32.5 Å². The van der Waals surface area contributed by atoms with Crippen LogP contribution in [0.25, 0.3) is 22.8 Å². The molecule has 0 atom stereocenters. The Labute approximate surface area is 211 Å². The van der Waals surface area contributed by atoms with Crippen molar-refractivity contribution in [1.82, 2.24) is 19.9 Å². The summed E-state index contributed by atoms with van der Waals surface area (Å²) in [6.07, 6.45) is -7.76. The van der Waals surface area contributed by atoms with Crippen LogP contribution in [0.2, 0.25) is 0 Å². The van der Waals surface area contributed by atoms with Crippen molar-refractivity contribution in [2.75, 3.05) is 7.11 Å². The van der Waals surface area contributed by atoms with E-state index < -0.39 is 41.2 Å². The summed E-state index contributed by atoms with van der Waals surface area (Å²) in [7, 11) is 1.50. The monoisotopic (exact) mass is 693 g/mol. The van der Waals surface area contributed by atoms with E-state index in [1.165, 1.54) is 37.7 Å². The van der Waals surface area contributed by atoms with Gasteiger partial charge in [-0.05, 0) is 35.8 Å². The number of pyridine rings is 2. The van der Waals surface area contributed by atoms with Crippen LogP contribution in [0, 0.1) is 17.7 Å². The third kappa shape index (κ3) is 7.07. The number of ether oxygens (including phenoxy) is 1. The van der Waals surface area contributed by atoms with Gasteiger partial charge in [-0.3, -0.25) is 13.8 Å². The van der Waals surface area contributed by atoms with E-state index in [4.69, 9.17) is 4.74 Å². The van der Waals surface area contributed by atoms with Crippen molar-refractivity contribution in [3.63, 3.8) is 0 Å². The maximum atomic E-state index is 13.4. The molecule has 0 saturated carbocycles. The molecule has 14 heteroatoms. The zero-order valence-electron chi connectivity index (χ0n) is 17.8. The van der Waals surface area contributed by atoms with Gasteiger partial charge in [0.05, 0.1) is 12.8 Å². The Morgan fingerprint density at radius 3 is 2.11 bits per heavy atom. The van der Waals surface area contributed by atoms with Gasteiger partial charge in [-0.1, -0.05) is 17.7 Å². The summed E-state index contributed by atoms with van der Waals surface area (Å²) in [4.78, 5) is 13.4. The largest absolute Gasteiger partial charge is 0.497 e. The summed E-state index contributed by atoms with van der Waals surface area (Å²) in [5.41, 5.74) is -3.79. The van der Waals surface area contributed by atoms with Crippen LogP contribution in [-0.4, -0.2) is 22.1 Å². The molecular formula is C22H12F8IrN4O-2. The van der Waals surface area contributed by atoms with E-state index in [0.29, 0.717) is 11.4 Å². The number of imidazole rings is 1. The van der Waals surface area contributed by atoms with Gasteiger partial charge in [0, 0.05) is 55.5 Å². The summed E-state index contributed by atoms with van der Waals surface area (Å²) in [5.74, 6) is -1.51. The summed E-state index contributed by atoms with van der Waals surface area (Å²) in [6.45, 7) is 0. The van der Waals surface area contributed by atoms with Gasteiger partial charge in [0.1, 0.15) is 5.75 Å². The molecule has 0 amide bonds. The van der Waals surface area contributed by atoms with Gasteiger partial charge >= 0.3 is 12.4 Å². The Bertz CT molecular complexity index is 1260. The Morgan fingerprint density at radius 2 is 1.58 bits per heavy atom. The number of rotatable bonds is 3. The quantitative estimate of drug-likeness (QED) is 0.196. The molecule has 36 heavy (non-hydrogen) atoms. The normalized spacial score (nSPS) is 11.2. The van der Waals surface area contributed by atoms with Crippen LogP contribution < -0.4 is 9.72 Å². The van der Waals surface area contributed by atoms with Crippen molar-refractivity contribution in [3.8, 4) is 28.5 Å². The first kappa shape index (κ1) is 28.9. The third-order valence-electron chi connectivity index (χ3n) is 4.17. The SMILES string of the molecule is COc1ccnc(-c2[c-]cc(F)cc2F)c1.FC(F)(F)c1nc(-c2ccccn2)[n-]c1C(F)(F)F.[Ir]. The molecule has 5 nitrogen and oxygen atoms in total. The average Bonchev–Trinajstić information content (AvgIpc) is 3.27. The van der Waals surface area contributed by atoms with Crippen molar-refractivity contribution in [2.24, 2.45) is 0 Å². The topological polar surface area (TPSA) is 62.0 Å². The first-order valence-corrected chi connectivity index (χ1v) is 9.38. The van der Waals surface area contributed by atoms with Crippen molar-refractivity contribution >= 4 is 0 Å². The Morgan fingerprint density at radius 1 is 0.889 bits per heavy atom. The minimum Gasteiger partial charge on any atom is -0.497 e. The molecule has 0 N–H and O–H groups in total. The molecule has 3 aromatic heterocycles. The number of benzene rings is 1. The fourth-order valence-electron chi connectivity index (χ4n) is 2.66. The predicted molar refractivity (Wildman–Crippen MR) is 106 cm³/mol. The van der Waals surface area contributed by atoms with E-state index in [1.807, 2.05) is 0 Å². The zero-order chi connectivity index (χ0) is 25.8. The Balaban J connectivity index is 0.000000250. The molecule has 0 aliphatic heterocycles. The van der Waals surface area contributed by atoms with Crippen molar-refractivity contribution in [3.05, 3.63) is 83.9 Å². The first-order chi connectivity index (χ1) is 16.4. The number of aromatic nitrogens is 4. The van der Waals surface area contributed by atoms with Crippen LogP contribution in [0.1, 0.15) is 11.4 Å². The van der Waals surface area contributed by atoms with Gasteiger partial charge in [-0.15, -0.1) is 12.1 Å². The van der Waals surface area contributed by atoms with Crippen molar-refractivity contribution < 1.29 is 60.0 Å². The predicted octanol–water partition coefficient (Wildman–Crippen LogP) is 5.97. The van der Waals surface area contributed by atoms with Crippen molar-refractivity contribution in [2.45, 2.75) is 12.4 Å². The fraction of sp³-hybridized carbons (Fsp3) is 0.136. The zero-order valence-corrected chi connectivity index (χ0v) is 20.1. The average molecular weight is 693 g/mol. The Hall–Kier alpha value is -3.38. The number of halogens is 8. The number of alkyl halides is 6. The first-order valence-electron chi connectivity index (χ1n) is 9.38. The maximum Gasteiger partial charge on any atom is 0.412 e. The van der Waals surface area contributed by atoms with E-state index >= 15 is 0 Å². The molecule has 0 unspecified atom stereocenters. The summed E-state index contributed by atoms with van der Waals surface area (Å²) in [6, 6.07) is 11.7. The van der Waals surface area contributed by atoms with Gasteiger partial charge in [-0.25, -0.2) is 0 Å². The van der Waals surface area contributed by atoms with E-state index in [-0.39, 0.29) is 31.4 Å². The van der Waals surface area contributed by atoms with Crippen LogP contribution >= 0.6 is 0 Å². The maximum absolute atomic E-state index is 13.4. The van der Waals surface area contributed by atoms with Gasteiger partial charge in [0.15, 0.2) is 0 Å². The van der Waals surface area contributed by atoms with E-state index in [2.05, 4.69) is 26.0 Å².